The largest absolute Gasteiger partial charge is 0.480 e. The van der Waals surface area contributed by atoms with Crippen molar-refractivity contribution in [3.05, 3.63) is 59.7 Å². The molecule has 2 heterocycles. The van der Waals surface area contributed by atoms with Crippen LogP contribution in [0.1, 0.15) is 28.8 Å². The van der Waals surface area contributed by atoms with Crippen LogP contribution >= 0.6 is 0 Å². The predicted octanol–water partition coefficient (Wildman–Crippen LogP) is 1.52. The van der Waals surface area contributed by atoms with E-state index in [1.807, 2.05) is 0 Å². The number of nitrogens with zero attached hydrogens (tertiary/aromatic N) is 2. The number of fused-ring (bicyclic) bond motifs is 1. The summed E-state index contributed by atoms with van der Waals surface area (Å²) in [5, 5.41) is 20.6. The number of para-hydroxylation sites is 2. The van der Waals surface area contributed by atoms with E-state index in [1.165, 1.54) is 0 Å². The van der Waals surface area contributed by atoms with E-state index in [4.69, 9.17) is 4.42 Å². The number of carbonyl (C=O) groups excluding carboxylic acids is 2. The highest BCUT2D eigenvalue weighted by molar-refractivity contribution is 5.97. The number of carboxylic acids is 1. The Labute approximate surface area is 201 Å². The second kappa shape index (κ2) is 11.1. The molecule has 0 spiro atoms. The van der Waals surface area contributed by atoms with Crippen LogP contribution in [0.2, 0.25) is 0 Å². The summed E-state index contributed by atoms with van der Waals surface area (Å²) in [5.74, 6) is -1.19. The normalized spacial score (nSPS) is 13.9. The lowest BCUT2D eigenvalue weighted by molar-refractivity contribution is -0.137. The zero-order chi connectivity index (χ0) is 24.6. The van der Waals surface area contributed by atoms with Crippen molar-refractivity contribution in [3.63, 3.8) is 0 Å². The summed E-state index contributed by atoms with van der Waals surface area (Å²) in [6.07, 6.45) is 1.75. The van der Waals surface area contributed by atoms with E-state index in [0.717, 1.165) is 18.5 Å². The fourth-order valence-electron chi connectivity index (χ4n) is 3.47. The lowest BCUT2D eigenvalue weighted by Crippen LogP contribution is -2.43. The zero-order valence-corrected chi connectivity index (χ0v) is 18.9. The maximum absolute atomic E-state index is 12.5. The maximum Gasteiger partial charge on any atom is 0.328 e. The Morgan fingerprint density at radius 2 is 1.91 bits per heavy atom. The first kappa shape index (κ1) is 23.7. The molecule has 1 atom stereocenters. The van der Waals surface area contributed by atoms with Gasteiger partial charge in [0.25, 0.3) is 11.9 Å². The van der Waals surface area contributed by atoms with Crippen LogP contribution < -0.4 is 21.3 Å². The summed E-state index contributed by atoms with van der Waals surface area (Å²) in [6, 6.07) is 12.8. The van der Waals surface area contributed by atoms with Gasteiger partial charge in [0.15, 0.2) is 11.5 Å². The van der Waals surface area contributed by atoms with Crippen molar-refractivity contribution in [2.45, 2.75) is 25.3 Å². The highest BCUT2D eigenvalue weighted by Crippen LogP contribution is 2.18. The topological polar surface area (TPSA) is 158 Å². The Kier molecular flexibility index (Phi) is 7.56. The molecule has 0 fully saturated rings. The summed E-state index contributed by atoms with van der Waals surface area (Å²) in [4.78, 5) is 44.6. The van der Waals surface area contributed by atoms with Crippen molar-refractivity contribution in [2.24, 2.45) is 4.99 Å². The van der Waals surface area contributed by atoms with Crippen LogP contribution in [-0.4, -0.2) is 59.5 Å². The molecule has 0 radical (unpaired) electrons. The van der Waals surface area contributed by atoms with E-state index in [1.54, 1.807) is 48.5 Å². The molecule has 0 bridgehead atoms. The SMILES string of the molecule is O=C(CCc1ccc(C(=O)NC[C@H](Nc2nc3ccccc3o2)C(=O)O)cc1)NC1=NCCCN1. The van der Waals surface area contributed by atoms with Gasteiger partial charge in [-0.1, -0.05) is 24.3 Å². The van der Waals surface area contributed by atoms with Crippen molar-refractivity contribution in [3.8, 4) is 0 Å². The van der Waals surface area contributed by atoms with Crippen molar-refractivity contribution in [1.82, 2.24) is 20.9 Å². The third-order valence-corrected chi connectivity index (χ3v) is 5.37. The van der Waals surface area contributed by atoms with Crippen LogP contribution in [0.3, 0.4) is 0 Å². The average Bonchev–Trinajstić information content (AvgIpc) is 3.28. The Morgan fingerprint density at radius 1 is 1.11 bits per heavy atom. The van der Waals surface area contributed by atoms with Crippen molar-refractivity contribution in [1.29, 1.82) is 0 Å². The minimum atomic E-state index is -1.16. The number of rotatable bonds is 9. The molecule has 1 aromatic heterocycles. The van der Waals surface area contributed by atoms with E-state index < -0.39 is 17.9 Å². The number of hydrogen-bond acceptors (Lipinski definition) is 8. The van der Waals surface area contributed by atoms with Crippen LogP contribution in [0.5, 0.6) is 0 Å². The van der Waals surface area contributed by atoms with E-state index in [2.05, 4.69) is 31.2 Å². The lowest BCUT2D eigenvalue weighted by Gasteiger charge is -2.15. The Morgan fingerprint density at radius 3 is 2.63 bits per heavy atom. The van der Waals surface area contributed by atoms with Gasteiger partial charge in [-0.25, -0.2) is 4.79 Å². The predicted molar refractivity (Wildman–Crippen MR) is 129 cm³/mol. The first-order chi connectivity index (χ1) is 17.0. The van der Waals surface area contributed by atoms with Crippen LogP contribution in [0.4, 0.5) is 6.01 Å². The summed E-state index contributed by atoms with van der Waals surface area (Å²) in [6.45, 7) is 1.32. The van der Waals surface area contributed by atoms with E-state index in [-0.39, 0.29) is 24.9 Å². The number of benzene rings is 2. The highest BCUT2D eigenvalue weighted by atomic mass is 16.4. The van der Waals surface area contributed by atoms with Gasteiger partial charge >= 0.3 is 5.97 Å². The molecule has 2 amide bonds. The van der Waals surface area contributed by atoms with E-state index in [0.29, 0.717) is 35.6 Å². The van der Waals surface area contributed by atoms with Crippen molar-refractivity contribution >= 4 is 40.9 Å². The second-order valence-electron chi connectivity index (χ2n) is 7.99. The molecular formula is C24H26N6O5. The quantitative estimate of drug-likeness (QED) is 0.310. The maximum atomic E-state index is 12.5. The molecule has 182 valence electrons. The fourth-order valence-corrected chi connectivity index (χ4v) is 3.47. The van der Waals surface area contributed by atoms with E-state index in [9.17, 15) is 19.5 Å². The smallest absolute Gasteiger partial charge is 0.328 e. The Hall–Kier alpha value is -4.41. The summed E-state index contributed by atoms with van der Waals surface area (Å²) < 4.78 is 5.50. The molecule has 11 heteroatoms. The number of aliphatic imine (C=N–C) groups is 1. The van der Waals surface area contributed by atoms with Gasteiger partial charge in [0.05, 0.1) is 0 Å². The molecule has 2 aromatic carbocycles. The van der Waals surface area contributed by atoms with Gasteiger partial charge in [-0.2, -0.15) is 4.98 Å². The molecule has 0 aliphatic carbocycles. The van der Waals surface area contributed by atoms with Gasteiger partial charge in [0, 0.05) is 31.6 Å². The van der Waals surface area contributed by atoms with Crippen LogP contribution in [0, 0.1) is 0 Å². The molecule has 1 aliphatic heterocycles. The number of nitrogens with one attached hydrogen (secondary N) is 4. The third-order valence-electron chi connectivity index (χ3n) is 5.37. The van der Waals surface area contributed by atoms with Crippen LogP contribution in [0.25, 0.3) is 11.1 Å². The Balaban J connectivity index is 1.26. The van der Waals surface area contributed by atoms with Crippen LogP contribution in [-0.2, 0) is 16.0 Å². The zero-order valence-electron chi connectivity index (χ0n) is 18.9. The number of aliphatic carboxylic acids is 1. The summed E-state index contributed by atoms with van der Waals surface area (Å²) in [5.41, 5.74) is 2.40. The number of aryl methyl sites for hydroxylation is 1. The number of carbonyl (C=O) groups is 3. The van der Waals surface area contributed by atoms with Gasteiger partial charge in [-0.3, -0.25) is 19.9 Å². The molecule has 35 heavy (non-hydrogen) atoms. The molecule has 3 aromatic rings. The molecule has 1 aliphatic rings. The van der Waals surface area contributed by atoms with Gasteiger partial charge in [-0.05, 0) is 42.7 Å². The van der Waals surface area contributed by atoms with Gasteiger partial charge in [0.1, 0.15) is 11.6 Å². The number of oxazole rings is 1. The fraction of sp³-hybridized carbons (Fsp3) is 0.292. The van der Waals surface area contributed by atoms with Gasteiger partial charge in [0.2, 0.25) is 5.91 Å². The highest BCUT2D eigenvalue weighted by Gasteiger charge is 2.21. The third kappa shape index (κ3) is 6.56. The monoisotopic (exact) mass is 478 g/mol. The molecular weight excluding hydrogens is 452 g/mol. The molecule has 5 N–H and O–H groups in total. The summed E-state index contributed by atoms with van der Waals surface area (Å²) >= 11 is 0. The number of guanidine groups is 1. The molecule has 4 rings (SSSR count). The molecule has 0 saturated carbocycles. The van der Waals surface area contributed by atoms with Crippen molar-refractivity contribution < 1.29 is 23.9 Å². The minimum absolute atomic E-state index is 0.0626. The first-order valence-corrected chi connectivity index (χ1v) is 11.3. The molecule has 0 unspecified atom stereocenters. The van der Waals surface area contributed by atoms with Gasteiger partial charge < -0.3 is 25.5 Å². The second-order valence-corrected chi connectivity index (χ2v) is 7.99. The van der Waals surface area contributed by atoms with Crippen molar-refractivity contribution in [2.75, 3.05) is 25.0 Å². The number of anilines is 1. The number of amides is 2. The first-order valence-electron chi connectivity index (χ1n) is 11.3. The number of aromatic nitrogens is 1. The standard InChI is InChI=1S/C24H26N6O5/c31-20(30-23-25-12-3-13-26-23)11-8-15-6-9-16(10-7-15)21(32)27-14-18(22(33)34)29-24-28-17-4-1-2-5-19(17)35-24/h1-2,4-7,9-10,18H,3,8,11-14H2,(H,27,32)(H,28,29)(H,33,34)(H2,25,26,30,31)/t18-/m0/s1. The average molecular weight is 479 g/mol. The molecule has 11 nitrogen and oxygen atoms in total. The summed E-state index contributed by atoms with van der Waals surface area (Å²) in [7, 11) is 0. The Bertz CT molecular complexity index is 1200. The van der Waals surface area contributed by atoms with E-state index >= 15 is 0 Å². The van der Waals surface area contributed by atoms with Crippen LogP contribution in [0.15, 0.2) is 57.9 Å². The lowest BCUT2D eigenvalue weighted by atomic mass is 10.1. The number of carboxylic acid groups (broad SMARTS) is 1. The number of hydrogen-bond donors (Lipinski definition) is 5. The molecule has 0 saturated heterocycles. The van der Waals surface area contributed by atoms with Gasteiger partial charge in [-0.15, -0.1) is 0 Å². The minimum Gasteiger partial charge on any atom is -0.480 e.